The van der Waals surface area contributed by atoms with E-state index >= 15 is 0 Å². The Balaban J connectivity index is 3.43. The Morgan fingerprint density at radius 3 is 2.00 bits per heavy atom. The molecule has 5 nitrogen and oxygen atoms in total. The zero-order valence-corrected chi connectivity index (χ0v) is 28.0. The first-order valence-electron chi connectivity index (χ1n) is 12.3. The lowest BCUT2D eigenvalue weighted by molar-refractivity contribution is -0.198. The van der Waals surface area contributed by atoms with Crippen LogP contribution in [-0.2, 0) is 18.4 Å². The normalized spacial score (nSPS) is 27.1. The smallest absolute Gasteiger partial charge is 0.335 e. The molecular formula is C22H50O5Si5. The molecule has 1 heterocycles. The van der Waals surface area contributed by atoms with Crippen LogP contribution in [0.25, 0.3) is 0 Å². The van der Waals surface area contributed by atoms with Crippen LogP contribution in [-0.4, -0.2) is 67.3 Å². The quantitative estimate of drug-likeness (QED) is 0.181. The largest absolute Gasteiger partial charge is 0.462 e. The minimum atomic E-state index is -1.80. The highest BCUT2D eigenvalue weighted by Crippen LogP contribution is 2.47. The molecule has 1 aliphatic rings. The Kier molecular flexibility index (Phi) is 10.2. The fourth-order valence-corrected chi connectivity index (χ4v) is 117. The molecule has 0 amide bonds. The van der Waals surface area contributed by atoms with Gasteiger partial charge < -0.3 is 18.7 Å². The third-order valence-corrected chi connectivity index (χ3v) is 96.7. The van der Waals surface area contributed by atoms with Crippen LogP contribution >= 0.6 is 0 Å². The summed E-state index contributed by atoms with van der Waals surface area (Å²) in [5, 5.41) is 10.9. The maximum atomic E-state index is 12.1. The average Bonchev–Trinajstić information content (AvgIpc) is 2.66. The number of carbonyl (C=O) groups excluding carboxylic acids is 1. The van der Waals surface area contributed by atoms with E-state index in [9.17, 15) is 9.90 Å². The Morgan fingerprint density at radius 1 is 1.06 bits per heavy atom. The number of aliphatic hydroxyl groups is 1. The Morgan fingerprint density at radius 2 is 1.59 bits per heavy atom. The number of hydrogen-bond donors (Lipinski definition) is 1. The van der Waals surface area contributed by atoms with Gasteiger partial charge in [-0.15, -0.1) is 0 Å². The van der Waals surface area contributed by atoms with Gasteiger partial charge in [0, 0.05) is 24.6 Å². The van der Waals surface area contributed by atoms with Crippen molar-refractivity contribution in [1.82, 2.24) is 0 Å². The maximum absolute atomic E-state index is 12.1. The molecular weight excluding hydrogens is 485 g/mol. The highest BCUT2D eigenvalue weighted by Gasteiger charge is 2.68. The van der Waals surface area contributed by atoms with Gasteiger partial charge in [-0.2, -0.15) is 0 Å². The Hall–Kier alpha value is 0.174. The van der Waals surface area contributed by atoms with Crippen molar-refractivity contribution in [1.29, 1.82) is 0 Å². The molecule has 0 aromatic heterocycles. The van der Waals surface area contributed by atoms with Crippen molar-refractivity contribution < 1.29 is 23.5 Å². The van der Waals surface area contributed by atoms with Crippen LogP contribution in [0.15, 0.2) is 12.2 Å². The summed E-state index contributed by atoms with van der Waals surface area (Å²) in [7, 11) is -8.06. The molecule has 32 heavy (non-hydrogen) atoms. The molecule has 188 valence electrons. The second-order valence-electron chi connectivity index (χ2n) is 11.8. The van der Waals surface area contributed by atoms with Gasteiger partial charge in [0.1, 0.15) is 0 Å². The van der Waals surface area contributed by atoms with E-state index in [0.29, 0.717) is 12.0 Å². The lowest BCUT2D eigenvalue weighted by Gasteiger charge is -2.63. The molecule has 0 radical (unpaired) electrons. The first-order valence-corrected chi connectivity index (χ1v) is 30.1. The monoisotopic (exact) mass is 534 g/mol. The van der Waals surface area contributed by atoms with Gasteiger partial charge in [0.25, 0.3) is 0 Å². The van der Waals surface area contributed by atoms with Gasteiger partial charge in [0.15, 0.2) is 16.4 Å². The zero-order chi connectivity index (χ0) is 25.3. The Bertz CT molecular complexity index is 678. The lowest BCUT2D eigenvalue weighted by Crippen LogP contribution is -2.89. The minimum Gasteiger partial charge on any atom is -0.462 e. The van der Waals surface area contributed by atoms with E-state index in [2.05, 4.69) is 65.9 Å². The number of aliphatic hydroxyl groups excluding tert-OH is 1. The van der Waals surface area contributed by atoms with E-state index in [1.165, 1.54) is 0 Å². The van der Waals surface area contributed by atoms with Crippen LogP contribution < -0.4 is 0 Å². The SMILES string of the molecule is C=C(C)C(=O)OC(CC)OC(C(C)O)C(CCC)[SiH]1O[Si](C)(C)[Si](C)(C)[Si](C)(C)[Si]1(C)C. The molecule has 0 saturated carbocycles. The number of ether oxygens (including phenoxy) is 2. The van der Waals surface area contributed by atoms with Crippen LogP contribution in [0.1, 0.15) is 47.0 Å². The standard InChI is InChI=1S/C22H50O5Si5/c1-14-16-19(21(18(5)23)25-20(15-2)26-22(24)17(3)4)28-27-29(6,7)31(10,11)32(12,13)30(28,8)9/h18-21,23,28H,3,14-16H2,1-2,4-13H3. The third kappa shape index (κ3) is 5.69. The number of rotatable bonds is 10. The molecule has 0 aliphatic carbocycles. The lowest BCUT2D eigenvalue weighted by atomic mass is 10.1. The van der Waals surface area contributed by atoms with Crippen molar-refractivity contribution in [3.8, 4) is 0 Å². The van der Waals surface area contributed by atoms with Gasteiger partial charge in [0.05, 0.1) is 26.4 Å². The van der Waals surface area contributed by atoms with E-state index < -0.39 is 56.1 Å². The van der Waals surface area contributed by atoms with Crippen molar-refractivity contribution in [2.75, 3.05) is 0 Å². The van der Waals surface area contributed by atoms with E-state index in [-0.39, 0.29) is 11.6 Å². The van der Waals surface area contributed by atoms with E-state index in [4.69, 9.17) is 13.6 Å². The Labute approximate surface area is 202 Å². The summed E-state index contributed by atoms with van der Waals surface area (Å²) in [6, 6.07) is 0. The van der Waals surface area contributed by atoms with Crippen molar-refractivity contribution in [3.05, 3.63) is 12.2 Å². The summed E-state index contributed by atoms with van der Waals surface area (Å²) in [5.41, 5.74) is 0.583. The fourth-order valence-electron chi connectivity index (χ4n) is 5.14. The van der Waals surface area contributed by atoms with Gasteiger partial charge in [0.2, 0.25) is 6.29 Å². The van der Waals surface area contributed by atoms with Gasteiger partial charge in [-0.3, -0.25) is 0 Å². The molecule has 1 fully saturated rings. The van der Waals surface area contributed by atoms with Gasteiger partial charge >= 0.3 is 5.97 Å². The fraction of sp³-hybridized carbons (Fsp3) is 0.864. The molecule has 0 bridgehead atoms. The van der Waals surface area contributed by atoms with Crippen molar-refractivity contribution in [2.45, 2.75) is 123 Å². The third-order valence-electron chi connectivity index (χ3n) is 8.95. The first kappa shape index (κ1) is 30.2. The second kappa shape index (κ2) is 10.8. The summed E-state index contributed by atoms with van der Waals surface area (Å²) >= 11 is 0. The van der Waals surface area contributed by atoms with E-state index in [1.807, 2.05) is 13.8 Å². The van der Waals surface area contributed by atoms with Gasteiger partial charge in [-0.1, -0.05) is 66.1 Å². The van der Waals surface area contributed by atoms with Crippen LogP contribution in [0.5, 0.6) is 0 Å². The van der Waals surface area contributed by atoms with Crippen LogP contribution in [0.3, 0.4) is 0 Å². The molecule has 1 N–H and O–H groups in total. The van der Waals surface area contributed by atoms with Crippen molar-refractivity contribution >= 4 is 43.7 Å². The van der Waals surface area contributed by atoms with Gasteiger partial charge in [-0.25, -0.2) is 4.79 Å². The average molecular weight is 535 g/mol. The van der Waals surface area contributed by atoms with Crippen molar-refractivity contribution in [2.24, 2.45) is 0 Å². The highest BCUT2D eigenvalue weighted by atomic mass is 30.0. The van der Waals surface area contributed by atoms with Gasteiger partial charge in [-0.05, 0) is 33.4 Å². The first-order chi connectivity index (χ1) is 14.4. The molecule has 10 heteroatoms. The second-order valence-corrected chi connectivity index (χ2v) is 60.7. The predicted octanol–water partition coefficient (Wildman–Crippen LogP) is 5.18. The maximum Gasteiger partial charge on any atom is 0.335 e. The van der Waals surface area contributed by atoms with E-state index in [1.54, 1.807) is 6.92 Å². The van der Waals surface area contributed by atoms with Crippen LogP contribution in [0, 0.1) is 0 Å². The minimum absolute atomic E-state index is 0.225. The van der Waals surface area contributed by atoms with Crippen molar-refractivity contribution in [3.63, 3.8) is 0 Å². The molecule has 1 rings (SSSR count). The molecule has 5 atom stereocenters. The molecule has 1 aliphatic heterocycles. The number of hydrogen-bond acceptors (Lipinski definition) is 5. The molecule has 5 unspecified atom stereocenters. The molecule has 0 spiro atoms. The number of esters is 1. The predicted molar refractivity (Wildman–Crippen MR) is 148 cm³/mol. The number of carbonyl (C=O) groups is 1. The summed E-state index contributed by atoms with van der Waals surface area (Å²) in [6.07, 6.45) is 0.856. The van der Waals surface area contributed by atoms with E-state index in [0.717, 1.165) is 12.8 Å². The zero-order valence-electron chi connectivity index (χ0n) is 22.8. The summed E-state index contributed by atoms with van der Waals surface area (Å²) in [5.74, 6) is -0.441. The molecule has 1 saturated heterocycles. The van der Waals surface area contributed by atoms with Crippen LogP contribution in [0.2, 0.25) is 57.9 Å². The van der Waals surface area contributed by atoms with Crippen LogP contribution in [0.4, 0.5) is 0 Å². The summed E-state index contributed by atoms with van der Waals surface area (Å²) < 4.78 is 19.3. The summed E-state index contributed by atoms with van der Waals surface area (Å²) in [6.45, 7) is 31.9. The summed E-state index contributed by atoms with van der Waals surface area (Å²) in [4.78, 5) is 12.1. The topological polar surface area (TPSA) is 65.0 Å². The molecule has 0 aromatic rings. The molecule has 0 aromatic carbocycles. The highest BCUT2D eigenvalue weighted by molar-refractivity contribution is 7.91.